The van der Waals surface area contributed by atoms with Gasteiger partial charge in [0.25, 0.3) is 5.91 Å². The fourth-order valence-corrected chi connectivity index (χ4v) is 3.63. The van der Waals surface area contributed by atoms with E-state index >= 15 is 0 Å². The first-order valence-corrected chi connectivity index (χ1v) is 9.58. The van der Waals surface area contributed by atoms with Gasteiger partial charge in [-0.3, -0.25) is 14.6 Å². The van der Waals surface area contributed by atoms with E-state index in [2.05, 4.69) is 11.1 Å². The number of anilines is 1. The third-order valence-corrected chi connectivity index (χ3v) is 5.24. The Balaban J connectivity index is 1.57. The highest BCUT2D eigenvalue weighted by Crippen LogP contribution is 2.28. The van der Waals surface area contributed by atoms with Crippen LogP contribution in [-0.2, 0) is 11.3 Å². The highest BCUT2D eigenvalue weighted by Gasteiger charge is 2.43. The van der Waals surface area contributed by atoms with Crippen LogP contribution < -0.4 is 4.90 Å². The number of oxazole rings is 1. The molecular formula is C23H23N3O3. The van der Waals surface area contributed by atoms with Crippen LogP contribution in [0.2, 0.25) is 0 Å². The van der Waals surface area contributed by atoms with Gasteiger partial charge in [0.15, 0.2) is 0 Å². The van der Waals surface area contributed by atoms with Crippen molar-refractivity contribution in [3.05, 3.63) is 71.1 Å². The Labute approximate surface area is 169 Å². The maximum Gasteiger partial charge on any atom is 0.332 e. The van der Waals surface area contributed by atoms with Gasteiger partial charge in [-0.05, 0) is 51.5 Å². The zero-order valence-electron chi connectivity index (χ0n) is 17.0. The second-order valence-corrected chi connectivity index (χ2v) is 7.55. The Morgan fingerprint density at radius 3 is 2.38 bits per heavy atom. The summed E-state index contributed by atoms with van der Waals surface area (Å²) in [5.74, 6) is 0.242. The molecule has 3 amide bonds. The first-order valence-electron chi connectivity index (χ1n) is 9.58. The third kappa shape index (κ3) is 3.42. The van der Waals surface area contributed by atoms with Crippen molar-refractivity contribution in [1.82, 2.24) is 9.88 Å². The number of aryl methyl sites for hydroxylation is 3. The van der Waals surface area contributed by atoms with Crippen molar-refractivity contribution in [2.45, 2.75) is 40.3 Å². The van der Waals surface area contributed by atoms with Crippen molar-refractivity contribution in [3.63, 3.8) is 0 Å². The Morgan fingerprint density at radius 1 is 1.00 bits per heavy atom. The van der Waals surface area contributed by atoms with Crippen LogP contribution in [0.3, 0.4) is 0 Å². The summed E-state index contributed by atoms with van der Waals surface area (Å²) in [5.41, 5.74) is 5.47. The number of imide groups is 1. The Bertz CT molecular complexity index is 1090. The first-order chi connectivity index (χ1) is 13.8. The van der Waals surface area contributed by atoms with E-state index in [1.807, 2.05) is 57.2 Å². The van der Waals surface area contributed by atoms with Crippen LogP contribution in [0.1, 0.15) is 29.3 Å². The second-order valence-electron chi connectivity index (χ2n) is 7.55. The molecule has 0 radical (unpaired) electrons. The average Bonchev–Trinajstić information content (AvgIpc) is 3.22. The van der Waals surface area contributed by atoms with Crippen LogP contribution in [0, 0.1) is 20.8 Å². The summed E-state index contributed by atoms with van der Waals surface area (Å²) in [7, 11) is 0. The minimum atomic E-state index is -0.559. The van der Waals surface area contributed by atoms with Gasteiger partial charge in [-0.15, -0.1) is 0 Å². The molecule has 2 aromatic carbocycles. The molecule has 0 saturated carbocycles. The summed E-state index contributed by atoms with van der Waals surface area (Å²) in [5, 5.41) is 0. The Kier molecular flexibility index (Phi) is 4.70. The minimum Gasteiger partial charge on any atom is -0.444 e. The molecule has 148 valence electrons. The van der Waals surface area contributed by atoms with E-state index in [0.29, 0.717) is 17.3 Å². The lowest BCUT2D eigenvalue weighted by molar-refractivity contribution is -0.127. The molecule has 0 unspecified atom stereocenters. The molecule has 2 heterocycles. The summed E-state index contributed by atoms with van der Waals surface area (Å²) in [4.78, 5) is 33.0. The molecule has 0 N–H and O–H groups in total. The van der Waals surface area contributed by atoms with Crippen LogP contribution in [0.4, 0.5) is 10.5 Å². The number of hydrogen-bond donors (Lipinski definition) is 0. The smallest absolute Gasteiger partial charge is 0.332 e. The molecule has 4 rings (SSSR count). The minimum absolute atomic E-state index is 0.0821. The Morgan fingerprint density at radius 2 is 1.69 bits per heavy atom. The Hall–Kier alpha value is -3.41. The third-order valence-electron chi connectivity index (χ3n) is 5.24. The van der Waals surface area contributed by atoms with E-state index in [-0.39, 0.29) is 18.5 Å². The van der Waals surface area contributed by atoms with Gasteiger partial charge in [0.05, 0.1) is 12.2 Å². The molecule has 1 aliphatic heterocycles. The maximum atomic E-state index is 13.0. The molecule has 1 fully saturated rings. The second kappa shape index (κ2) is 7.20. The van der Waals surface area contributed by atoms with E-state index in [1.54, 1.807) is 6.92 Å². The highest BCUT2D eigenvalue weighted by molar-refractivity contribution is 6.13. The van der Waals surface area contributed by atoms with Gasteiger partial charge < -0.3 is 4.42 Å². The number of urea groups is 1. The van der Waals surface area contributed by atoms with E-state index in [0.717, 1.165) is 22.3 Å². The number of carbonyl (C=O) groups is 2. The summed E-state index contributed by atoms with van der Waals surface area (Å²) in [6, 6.07) is 12.7. The summed E-state index contributed by atoms with van der Waals surface area (Å²) in [6.45, 7) is 7.83. The maximum absolute atomic E-state index is 13.0. The van der Waals surface area contributed by atoms with Crippen LogP contribution in [0.5, 0.6) is 0 Å². The number of aromatic nitrogens is 1. The van der Waals surface area contributed by atoms with E-state index in [4.69, 9.17) is 4.42 Å². The van der Waals surface area contributed by atoms with Crippen molar-refractivity contribution >= 4 is 17.6 Å². The lowest BCUT2D eigenvalue weighted by Gasteiger charge is -2.19. The molecule has 1 aliphatic rings. The summed E-state index contributed by atoms with van der Waals surface area (Å²) in [6.07, 6.45) is 1.51. The molecule has 6 nitrogen and oxygen atoms in total. The predicted octanol–water partition coefficient (Wildman–Crippen LogP) is 4.62. The molecule has 1 atom stereocenters. The highest BCUT2D eigenvalue weighted by atomic mass is 16.3. The monoisotopic (exact) mass is 389 g/mol. The zero-order valence-corrected chi connectivity index (χ0v) is 17.0. The summed E-state index contributed by atoms with van der Waals surface area (Å²) < 4.78 is 5.63. The van der Waals surface area contributed by atoms with Crippen molar-refractivity contribution in [3.8, 4) is 11.5 Å². The van der Waals surface area contributed by atoms with Gasteiger partial charge >= 0.3 is 6.03 Å². The normalized spacial score (nSPS) is 16.8. The van der Waals surface area contributed by atoms with Gasteiger partial charge in [0.1, 0.15) is 12.3 Å². The predicted molar refractivity (Wildman–Crippen MR) is 110 cm³/mol. The molecule has 0 bridgehead atoms. The molecule has 0 spiro atoms. The topological polar surface area (TPSA) is 66.7 Å². The molecule has 29 heavy (non-hydrogen) atoms. The number of nitrogens with zero attached hydrogens (tertiary/aromatic N) is 3. The van der Waals surface area contributed by atoms with Crippen molar-refractivity contribution in [2.24, 2.45) is 0 Å². The van der Waals surface area contributed by atoms with E-state index in [1.165, 1.54) is 16.1 Å². The van der Waals surface area contributed by atoms with Crippen molar-refractivity contribution in [2.75, 3.05) is 4.90 Å². The van der Waals surface area contributed by atoms with Gasteiger partial charge in [-0.1, -0.05) is 35.4 Å². The van der Waals surface area contributed by atoms with Crippen LogP contribution in [-0.4, -0.2) is 27.9 Å². The van der Waals surface area contributed by atoms with Gasteiger partial charge in [0.2, 0.25) is 5.89 Å². The molecule has 3 aromatic rings. The van der Waals surface area contributed by atoms with Gasteiger partial charge in [-0.25, -0.2) is 9.78 Å². The lowest BCUT2D eigenvalue weighted by atomic mass is 10.1. The average molecular weight is 389 g/mol. The number of benzene rings is 2. The van der Waals surface area contributed by atoms with Crippen LogP contribution in [0.25, 0.3) is 11.5 Å². The van der Waals surface area contributed by atoms with Crippen LogP contribution in [0.15, 0.2) is 53.1 Å². The first kappa shape index (κ1) is 18.9. The molecular weight excluding hydrogens is 366 g/mol. The molecule has 0 aliphatic carbocycles. The fourth-order valence-electron chi connectivity index (χ4n) is 3.63. The SMILES string of the molecule is Cc1ccc(N2C(=O)N(Cc3coc(-c4ccc(C)cc4C)n3)C(=O)[C@H]2C)cc1. The number of rotatable bonds is 4. The fraction of sp³-hybridized carbons (Fsp3) is 0.261. The molecule has 1 aromatic heterocycles. The number of carbonyl (C=O) groups excluding carboxylic acids is 2. The standard InChI is InChI=1S/C23H23N3O3/c1-14-5-8-19(9-6-14)26-17(4)22(27)25(23(26)28)12-18-13-29-21(24-18)20-10-7-15(2)11-16(20)3/h5-11,13,17H,12H2,1-4H3/t17-/m1/s1. The molecule has 6 heteroatoms. The van der Waals surface area contributed by atoms with Crippen LogP contribution >= 0.6 is 0 Å². The van der Waals surface area contributed by atoms with E-state index < -0.39 is 6.04 Å². The van der Waals surface area contributed by atoms with Crippen molar-refractivity contribution < 1.29 is 14.0 Å². The van der Waals surface area contributed by atoms with E-state index in [9.17, 15) is 9.59 Å². The lowest BCUT2D eigenvalue weighted by Crippen LogP contribution is -2.33. The number of hydrogen-bond acceptors (Lipinski definition) is 4. The zero-order chi connectivity index (χ0) is 20.7. The summed E-state index contributed by atoms with van der Waals surface area (Å²) >= 11 is 0. The largest absolute Gasteiger partial charge is 0.444 e. The van der Waals surface area contributed by atoms with Crippen molar-refractivity contribution in [1.29, 1.82) is 0 Å². The quantitative estimate of drug-likeness (QED) is 0.611. The number of amides is 3. The van der Waals surface area contributed by atoms with Gasteiger partial charge in [0, 0.05) is 11.3 Å². The van der Waals surface area contributed by atoms with Gasteiger partial charge in [-0.2, -0.15) is 0 Å². The molecule has 1 saturated heterocycles.